The van der Waals surface area contributed by atoms with E-state index in [0.717, 1.165) is 77.0 Å². The van der Waals surface area contributed by atoms with Crippen molar-refractivity contribution < 1.29 is 19.4 Å². The third-order valence-corrected chi connectivity index (χ3v) is 8.07. The quantitative estimate of drug-likeness (QED) is 0.0461. The summed E-state index contributed by atoms with van der Waals surface area (Å²) in [6.45, 7) is 4.51. The molecule has 0 radical (unpaired) electrons. The Labute approximate surface area is 267 Å². The van der Waals surface area contributed by atoms with E-state index in [1.54, 1.807) is 0 Å². The van der Waals surface area contributed by atoms with Gasteiger partial charge >= 0.3 is 11.9 Å². The van der Waals surface area contributed by atoms with Gasteiger partial charge < -0.3 is 9.84 Å². The molecule has 1 atom stereocenters. The highest BCUT2D eigenvalue weighted by molar-refractivity contribution is 5.69. The van der Waals surface area contributed by atoms with Gasteiger partial charge in [-0.1, -0.05) is 141 Å². The van der Waals surface area contributed by atoms with Crippen molar-refractivity contribution in [1.82, 2.24) is 0 Å². The number of carboxylic acids is 1. The minimum atomic E-state index is -0.701. The molecule has 0 saturated heterocycles. The summed E-state index contributed by atoms with van der Waals surface area (Å²) in [5.74, 6) is -0.753. The second-order valence-electron chi connectivity index (χ2n) is 12.4. The molecular formula is C39H70O4. The van der Waals surface area contributed by atoms with Crippen LogP contribution in [-0.4, -0.2) is 23.1 Å². The number of unbranched alkanes of at least 4 members (excludes halogenated alkanes) is 20. The van der Waals surface area contributed by atoms with Crippen molar-refractivity contribution in [1.29, 1.82) is 0 Å². The maximum atomic E-state index is 12.6. The Hall–Kier alpha value is -1.84. The minimum Gasteiger partial charge on any atom is -0.481 e. The third-order valence-electron chi connectivity index (χ3n) is 8.07. The number of hydrogen-bond donors (Lipinski definition) is 1. The smallest absolute Gasteiger partial charge is 0.306 e. The molecule has 1 N–H and O–H groups in total. The zero-order valence-electron chi connectivity index (χ0n) is 28.5. The summed E-state index contributed by atoms with van der Waals surface area (Å²) in [4.78, 5) is 23.2. The molecule has 4 nitrogen and oxygen atoms in total. The van der Waals surface area contributed by atoms with Crippen LogP contribution in [0.2, 0.25) is 0 Å². The SMILES string of the molecule is CCCCCC/C=C\C/C=C\CCCCCCCC(=O)OC(/C=C\CCCCCCCC)CCCCCCCCC(=O)O. The van der Waals surface area contributed by atoms with Crippen LogP contribution in [0.5, 0.6) is 0 Å². The highest BCUT2D eigenvalue weighted by Crippen LogP contribution is 2.15. The first-order valence-electron chi connectivity index (χ1n) is 18.5. The number of esters is 1. The molecule has 0 saturated carbocycles. The van der Waals surface area contributed by atoms with Crippen molar-refractivity contribution in [3.8, 4) is 0 Å². The Morgan fingerprint density at radius 3 is 1.53 bits per heavy atom. The largest absolute Gasteiger partial charge is 0.481 e. The number of hydrogen-bond acceptors (Lipinski definition) is 3. The standard InChI is InChI=1S/C39H70O4/c1-3-5-7-9-11-13-14-15-16-17-18-19-20-22-28-32-36-39(42)43-37(33-29-25-21-12-10-8-6-4-2)34-30-26-23-24-27-31-35-38(40)41/h13-14,16-17,29,33,37H,3-12,15,18-28,30-32,34-36H2,1-2H3,(H,40,41)/b14-13-,17-16-,33-29-. The van der Waals surface area contributed by atoms with Crippen LogP contribution in [0.25, 0.3) is 0 Å². The maximum absolute atomic E-state index is 12.6. The van der Waals surface area contributed by atoms with Gasteiger partial charge in [-0.2, -0.15) is 0 Å². The molecular weight excluding hydrogens is 532 g/mol. The third kappa shape index (κ3) is 34.5. The number of carboxylic acid groups (broad SMARTS) is 1. The molecule has 0 heterocycles. The zero-order chi connectivity index (χ0) is 31.5. The fraction of sp³-hybridized carbons (Fsp3) is 0.795. The molecule has 4 heteroatoms. The average molecular weight is 603 g/mol. The first-order chi connectivity index (χ1) is 21.1. The lowest BCUT2D eigenvalue weighted by molar-refractivity contribution is -0.147. The van der Waals surface area contributed by atoms with Gasteiger partial charge in [-0.25, -0.2) is 0 Å². The first kappa shape index (κ1) is 41.2. The molecule has 0 aromatic carbocycles. The second-order valence-corrected chi connectivity index (χ2v) is 12.4. The predicted octanol–water partition coefficient (Wildman–Crippen LogP) is 12.6. The molecule has 0 bridgehead atoms. The zero-order valence-corrected chi connectivity index (χ0v) is 28.5. The molecule has 0 rings (SSSR count). The normalized spacial score (nSPS) is 12.6. The number of aliphatic carboxylic acids is 1. The highest BCUT2D eigenvalue weighted by atomic mass is 16.5. The molecule has 0 aliphatic carbocycles. The Kier molecular flexibility index (Phi) is 33.2. The van der Waals surface area contributed by atoms with Crippen molar-refractivity contribution in [2.24, 2.45) is 0 Å². The lowest BCUT2D eigenvalue weighted by Gasteiger charge is -2.15. The Balaban J connectivity index is 4.08. The van der Waals surface area contributed by atoms with E-state index in [1.807, 2.05) is 0 Å². The molecule has 0 aliphatic rings. The molecule has 0 fully saturated rings. The lowest BCUT2D eigenvalue weighted by Crippen LogP contribution is -2.16. The van der Waals surface area contributed by atoms with E-state index in [4.69, 9.17) is 9.84 Å². The van der Waals surface area contributed by atoms with Crippen molar-refractivity contribution in [3.63, 3.8) is 0 Å². The van der Waals surface area contributed by atoms with E-state index in [0.29, 0.717) is 6.42 Å². The minimum absolute atomic E-state index is 0.0516. The number of carbonyl (C=O) groups is 2. The van der Waals surface area contributed by atoms with E-state index < -0.39 is 5.97 Å². The first-order valence-corrected chi connectivity index (χ1v) is 18.5. The summed E-state index contributed by atoms with van der Waals surface area (Å²) in [5, 5.41) is 8.76. The molecule has 0 amide bonds. The second kappa shape index (κ2) is 34.6. The van der Waals surface area contributed by atoms with Gasteiger partial charge in [-0.3, -0.25) is 9.59 Å². The fourth-order valence-corrected chi connectivity index (χ4v) is 5.30. The molecule has 0 spiro atoms. The van der Waals surface area contributed by atoms with Gasteiger partial charge in [0.2, 0.25) is 0 Å². The molecule has 0 aromatic rings. The van der Waals surface area contributed by atoms with Crippen LogP contribution < -0.4 is 0 Å². The van der Waals surface area contributed by atoms with Gasteiger partial charge in [0, 0.05) is 12.8 Å². The number of carbonyl (C=O) groups excluding carboxylic acids is 1. The van der Waals surface area contributed by atoms with E-state index >= 15 is 0 Å². The van der Waals surface area contributed by atoms with Crippen LogP contribution in [0.1, 0.15) is 194 Å². The number of ether oxygens (including phenoxy) is 1. The van der Waals surface area contributed by atoms with Crippen LogP contribution >= 0.6 is 0 Å². The summed E-state index contributed by atoms with van der Waals surface area (Å²) in [6, 6.07) is 0. The number of allylic oxidation sites excluding steroid dienone is 5. The summed E-state index contributed by atoms with van der Waals surface area (Å²) >= 11 is 0. The average Bonchev–Trinajstić information content (AvgIpc) is 2.99. The van der Waals surface area contributed by atoms with Crippen LogP contribution in [0.3, 0.4) is 0 Å². The summed E-state index contributed by atoms with van der Waals surface area (Å²) in [5.41, 5.74) is 0. The van der Waals surface area contributed by atoms with E-state index in [1.165, 1.54) is 89.9 Å². The van der Waals surface area contributed by atoms with E-state index in [-0.39, 0.29) is 18.5 Å². The van der Waals surface area contributed by atoms with Crippen LogP contribution in [0, 0.1) is 0 Å². The Morgan fingerprint density at radius 1 is 0.535 bits per heavy atom. The van der Waals surface area contributed by atoms with Gasteiger partial charge in [0.05, 0.1) is 0 Å². The van der Waals surface area contributed by atoms with Crippen molar-refractivity contribution in [3.05, 3.63) is 36.5 Å². The Bertz CT molecular complexity index is 693. The molecule has 0 aromatic heterocycles. The van der Waals surface area contributed by atoms with Gasteiger partial charge in [0.15, 0.2) is 0 Å². The van der Waals surface area contributed by atoms with Crippen molar-refractivity contribution in [2.45, 2.75) is 200 Å². The van der Waals surface area contributed by atoms with Gasteiger partial charge in [-0.15, -0.1) is 0 Å². The van der Waals surface area contributed by atoms with Crippen molar-refractivity contribution in [2.75, 3.05) is 0 Å². The maximum Gasteiger partial charge on any atom is 0.306 e. The van der Waals surface area contributed by atoms with E-state index in [2.05, 4.69) is 50.3 Å². The summed E-state index contributed by atoms with van der Waals surface area (Å²) in [7, 11) is 0. The monoisotopic (exact) mass is 603 g/mol. The summed E-state index contributed by atoms with van der Waals surface area (Å²) in [6.07, 6.45) is 44.5. The lowest BCUT2D eigenvalue weighted by atomic mass is 10.0. The van der Waals surface area contributed by atoms with Crippen LogP contribution in [0.4, 0.5) is 0 Å². The van der Waals surface area contributed by atoms with Gasteiger partial charge in [0.25, 0.3) is 0 Å². The number of rotatable bonds is 33. The highest BCUT2D eigenvalue weighted by Gasteiger charge is 2.11. The summed E-state index contributed by atoms with van der Waals surface area (Å²) < 4.78 is 5.90. The van der Waals surface area contributed by atoms with Crippen molar-refractivity contribution >= 4 is 11.9 Å². The molecule has 1 unspecified atom stereocenters. The molecule has 250 valence electrons. The molecule has 0 aliphatic heterocycles. The Morgan fingerprint density at radius 2 is 0.977 bits per heavy atom. The van der Waals surface area contributed by atoms with E-state index in [9.17, 15) is 9.59 Å². The van der Waals surface area contributed by atoms with Crippen LogP contribution in [0.15, 0.2) is 36.5 Å². The topological polar surface area (TPSA) is 63.6 Å². The van der Waals surface area contributed by atoms with Crippen LogP contribution in [-0.2, 0) is 14.3 Å². The van der Waals surface area contributed by atoms with Gasteiger partial charge in [0.1, 0.15) is 6.10 Å². The fourth-order valence-electron chi connectivity index (χ4n) is 5.30. The van der Waals surface area contributed by atoms with Gasteiger partial charge in [-0.05, 0) is 76.7 Å². The predicted molar refractivity (Wildman–Crippen MR) is 186 cm³/mol. The molecule has 43 heavy (non-hydrogen) atoms.